The molecule has 0 aliphatic carbocycles. The summed E-state index contributed by atoms with van der Waals surface area (Å²) in [4.78, 5) is 19.4. The maximum atomic E-state index is 12.3. The van der Waals surface area contributed by atoms with Crippen LogP contribution >= 0.6 is 0 Å². The molecule has 1 heterocycles. The lowest BCUT2D eigenvalue weighted by atomic mass is 10.1. The molecule has 0 spiro atoms. The molecule has 0 bridgehead atoms. The molecule has 5 nitrogen and oxygen atoms in total. The van der Waals surface area contributed by atoms with Gasteiger partial charge in [0.05, 0.1) is 0 Å². The topological polar surface area (TPSA) is 38.8 Å². The van der Waals surface area contributed by atoms with Gasteiger partial charge in [0.1, 0.15) is 0 Å². The van der Waals surface area contributed by atoms with Crippen molar-refractivity contribution in [3.63, 3.8) is 0 Å². The summed E-state index contributed by atoms with van der Waals surface area (Å²) in [6.45, 7) is 7.73. The Balaban J connectivity index is 1.46. The standard InChI is InChI=1S/C23H32N4O/c1-25(2)12-11-24-23(28)22-10-6-9-21(17-22)19-27-15-13-26(14-16-27)18-20-7-4-3-5-8-20/h3-10,17H,11-16,18-19H2,1-2H3,(H,24,28). The first kappa shape index (κ1) is 20.5. The van der Waals surface area contributed by atoms with Crippen LogP contribution in [0.25, 0.3) is 0 Å². The molecule has 0 radical (unpaired) electrons. The van der Waals surface area contributed by atoms with Crippen molar-refractivity contribution in [2.45, 2.75) is 13.1 Å². The molecule has 1 aliphatic rings. The number of hydrogen-bond donors (Lipinski definition) is 1. The second-order valence-corrected chi connectivity index (χ2v) is 7.80. The van der Waals surface area contributed by atoms with Crippen molar-refractivity contribution in [2.75, 3.05) is 53.4 Å². The Labute approximate surface area is 168 Å². The van der Waals surface area contributed by atoms with Crippen LogP contribution in [0.15, 0.2) is 54.6 Å². The van der Waals surface area contributed by atoms with Gasteiger partial charge < -0.3 is 10.2 Å². The fourth-order valence-corrected chi connectivity index (χ4v) is 3.51. The van der Waals surface area contributed by atoms with E-state index >= 15 is 0 Å². The minimum absolute atomic E-state index is 0.0105. The summed E-state index contributed by atoms with van der Waals surface area (Å²) >= 11 is 0. The van der Waals surface area contributed by atoms with Crippen molar-refractivity contribution >= 4 is 5.91 Å². The summed E-state index contributed by atoms with van der Waals surface area (Å²) in [5.41, 5.74) is 3.33. The first-order valence-electron chi connectivity index (χ1n) is 10.1. The van der Waals surface area contributed by atoms with Gasteiger partial charge in [-0.05, 0) is 37.4 Å². The molecule has 3 rings (SSSR count). The first-order valence-corrected chi connectivity index (χ1v) is 10.1. The molecule has 1 saturated heterocycles. The lowest BCUT2D eigenvalue weighted by Gasteiger charge is -2.34. The lowest BCUT2D eigenvalue weighted by Crippen LogP contribution is -2.45. The first-order chi connectivity index (χ1) is 13.6. The quantitative estimate of drug-likeness (QED) is 0.763. The van der Waals surface area contributed by atoms with Crippen LogP contribution in [0.4, 0.5) is 0 Å². The van der Waals surface area contributed by atoms with Crippen LogP contribution in [0.1, 0.15) is 21.5 Å². The Morgan fingerprint density at radius 3 is 2.14 bits per heavy atom. The summed E-state index contributed by atoms with van der Waals surface area (Å²) in [6.07, 6.45) is 0. The van der Waals surface area contributed by atoms with Crippen LogP contribution < -0.4 is 5.32 Å². The smallest absolute Gasteiger partial charge is 0.251 e. The Hall–Kier alpha value is -2.21. The van der Waals surface area contributed by atoms with Crippen LogP contribution in [0.5, 0.6) is 0 Å². The number of nitrogens with one attached hydrogen (secondary N) is 1. The van der Waals surface area contributed by atoms with E-state index < -0.39 is 0 Å². The number of likely N-dealkylation sites (N-methyl/N-ethyl adjacent to an activating group) is 1. The molecule has 2 aromatic rings. The van der Waals surface area contributed by atoms with E-state index in [2.05, 4.69) is 56.4 Å². The highest BCUT2D eigenvalue weighted by Crippen LogP contribution is 2.13. The molecule has 150 valence electrons. The van der Waals surface area contributed by atoms with Gasteiger partial charge >= 0.3 is 0 Å². The second kappa shape index (κ2) is 10.4. The molecule has 0 atom stereocenters. The molecule has 28 heavy (non-hydrogen) atoms. The molecule has 5 heteroatoms. The van der Waals surface area contributed by atoms with Gasteiger partial charge in [0, 0.05) is 57.9 Å². The molecule has 0 saturated carbocycles. The zero-order valence-corrected chi connectivity index (χ0v) is 17.1. The van der Waals surface area contributed by atoms with Crippen LogP contribution in [-0.4, -0.2) is 74.0 Å². The van der Waals surface area contributed by atoms with Gasteiger partial charge in [-0.1, -0.05) is 42.5 Å². The fraction of sp³-hybridized carbons (Fsp3) is 0.435. The maximum absolute atomic E-state index is 12.3. The molecule has 1 amide bonds. The van der Waals surface area contributed by atoms with Gasteiger partial charge in [-0.2, -0.15) is 0 Å². The molecule has 1 N–H and O–H groups in total. The van der Waals surface area contributed by atoms with E-state index in [1.165, 1.54) is 11.1 Å². The molecule has 1 aliphatic heterocycles. The van der Waals surface area contributed by atoms with E-state index in [1.807, 2.05) is 32.3 Å². The molecule has 0 aromatic heterocycles. The van der Waals surface area contributed by atoms with Gasteiger partial charge in [0.15, 0.2) is 0 Å². The minimum Gasteiger partial charge on any atom is -0.351 e. The summed E-state index contributed by atoms with van der Waals surface area (Å²) in [7, 11) is 4.01. The predicted octanol–water partition coefficient (Wildman–Crippen LogP) is 2.30. The summed E-state index contributed by atoms with van der Waals surface area (Å²) in [6, 6.07) is 18.7. The highest BCUT2D eigenvalue weighted by Gasteiger charge is 2.17. The van der Waals surface area contributed by atoms with E-state index in [0.717, 1.165) is 51.4 Å². The normalized spacial score (nSPS) is 15.7. The number of amides is 1. The van der Waals surface area contributed by atoms with Gasteiger partial charge in [-0.3, -0.25) is 14.6 Å². The Morgan fingerprint density at radius 1 is 0.893 bits per heavy atom. The zero-order valence-electron chi connectivity index (χ0n) is 17.1. The van der Waals surface area contributed by atoms with Crippen LogP contribution in [0, 0.1) is 0 Å². The number of carbonyl (C=O) groups is 1. The van der Waals surface area contributed by atoms with Gasteiger partial charge in [-0.25, -0.2) is 0 Å². The molecule has 1 fully saturated rings. The largest absolute Gasteiger partial charge is 0.351 e. The summed E-state index contributed by atoms with van der Waals surface area (Å²) < 4.78 is 0. The third-order valence-corrected chi connectivity index (χ3v) is 5.15. The number of benzene rings is 2. The van der Waals surface area contributed by atoms with E-state index in [4.69, 9.17) is 0 Å². The maximum Gasteiger partial charge on any atom is 0.251 e. The Bertz CT molecular complexity index is 739. The number of hydrogen-bond acceptors (Lipinski definition) is 4. The van der Waals surface area contributed by atoms with E-state index in [0.29, 0.717) is 6.54 Å². The van der Waals surface area contributed by atoms with Crippen molar-refractivity contribution < 1.29 is 4.79 Å². The fourth-order valence-electron chi connectivity index (χ4n) is 3.51. The number of piperazine rings is 1. The van der Waals surface area contributed by atoms with Crippen LogP contribution in [-0.2, 0) is 13.1 Å². The van der Waals surface area contributed by atoms with Gasteiger partial charge in [0.2, 0.25) is 0 Å². The molecular formula is C23H32N4O. The molecule has 0 unspecified atom stereocenters. The molecule has 2 aromatic carbocycles. The van der Waals surface area contributed by atoms with E-state index in [-0.39, 0.29) is 5.91 Å². The van der Waals surface area contributed by atoms with Crippen molar-refractivity contribution in [3.8, 4) is 0 Å². The van der Waals surface area contributed by atoms with Gasteiger partial charge in [-0.15, -0.1) is 0 Å². The van der Waals surface area contributed by atoms with Crippen molar-refractivity contribution in [2.24, 2.45) is 0 Å². The average Bonchev–Trinajstić information content (AvgIpc) is 2.70. The lowest BCUT2D eigenvalue weighted by molar-refractivity contribution is 0.0950. The summed E-state index contributed by atoms with van der Waals surface area (Å²) in [5, 5.41) is 2.99. The van der Waals surface area contributed by atoms with E-state index in [9.17, 15) is 4.79 Å². The second-order valence-electron chi connectivity index (χ2n) is 7.80. The minimum atomic E-state index is 0.0105. The monoisotopic (exact) mass is 380 g/mol. The Morgan fingerprint density at radius 2 is 1.50 bits per heavy atom. The zero-order chi connectivity index (χ0) is 19.8. The van der Waals surface area contributed by atoms with Crippen molar-refractivity contribution in [1.29, 1.82) is 0 Å². The SMILES string of the molecule is CN(C)CCNC(=O)c1cccc(CN2CCN(Cc3ccccc3)CC2)c1. The van der Waals surface area contributed by atoms with E-state index in [1.54, 1.807) is 0 Å². The number of nitrogens with zero attached hydrogens (tertiary/aromatic N) is 3. The summed E-state index contributed by atoms with van der Waals surface area (Å²) in [5.74, 6) is 0.0105. The average molecular weight is 381 g/mol. The third kappa shape index (κ3) is 6.44. The predicted molar refractivity (Wildman–Crippen MR) is 114 cm³/mol. The van der Waals surface area contributed by atoms with Crippen LogP contribution in [0.3, 0.4) is 0 Å². The number of carbonyl (C=O) groups excluding carboxylic acids is 1. The highest BCUT2D eigenvalue weighted by molar-refractivity contribution is 5.94. The van der Waals surface area contributed by atoms with Crippen molar-refractivity contribution in [3.05, 3.63) is 71.3 Å². The van der Waals surface area contributed by atoms with Crippen LogP contribution in [0.2, 0.25) is 0 Å². The molecular weight excluding hydrogens is 348 g/mol. The third-order valence-electron chi connectivity index (χ3n) is 5.15. The van der Waals surface area contributed by atoms with Crippen molar-refractivity contribution in [1.82, 2.24) is 20.0 Å². The number of rotatable bonds is 8. The van der Waals surface area contributed by atoms with Gasteiger partial charge in [0.25, 0.3) is 5.91 Å². The Kier molecular flexibility index (Phi) is 7.60. The highest BCUT2D eigenvalue weighted by atomic mass is 16.1.